The molecule has 0 saturated carbocycles. The average Bonchev–Trinajstić information content (AvgIpc) is 3.37. The second-order valence-corrected chi connectivity index (χ2v) is 8.71. The van der Waals surface area contributed by atoms with E-state index < -0.39 is 18.3 Å². The van der Waals surface area contributed by atoms with Crippen LogP contribution in [-0.4, -0.2) is 28.8 Å². The van der Waals surface area contributed by atoms with E-state index in [0.29, 0.717) is 22.4 Å². The van der Waals surface area contributed by atoms with E-state index in [0.717, 1.165) is 35.3 Å². The first-order chi connectivity index (χ1) is 14.3. The SMILES string of the molecule is Cc1ccc(C2CCCN2C2=C[C@@H](C(F)(F)F)CC(Nc3ncc(C#N)s3)N2)cc1. The van der Waals surface area contributed by atoms with Crippen LogP contribution >= 0.6 is 11.3 Å². The van der Waals surface area contributed by atoms with Gasteiger partial charge in [-0.15, -0.1) is 0 Å². The fourth-order valence-electron chi connectivity index (χ4n) is 4.03. The molecule has 2 aliphatic heterocycles. The minimum absolute atomic E-state index is 0.0436. The number of alkyl halides is 3. The largest absolute Gasteiger partial charge is 0.395 e. The molecule has 2 aliphatic rings. The molecule has 0 bridgehead atoms. The van der Waals surface area contributed by atoms with E-state index in [2.05, 4.69) is 27.8 Å². The lowest BCUT2D eigenvalue weighted by molar-refractivity contribution is -0.165. The molecule has 1 saturated heterocycles. The smallest absolute Gasteiger partial charge is 0.352 e. The molecule has 4 rings (SSSR count). The van der Waals surface area contributed by atoms with Gasteiger partial charge in [0.25, 0.3) is 0 Å². The number of nitrogens with one attached hydrogen (secondary N) is 2. The normalized spacial score (nSPS) is 24.2. The lowest BCUT2D eigenvalue weighted by Crippen LogP contribution is -2.48. The van der Waals surface area contributed by atoms with Crippen LogP contribution in [0.15, 0.2) is 42.4 Å². The van der Waals surface area contributed by atoms with E-state index in [1.54, 1.807) is 0 Å². The van der Waals surface area contributed by atoms with Crippen LogP contribution in [0.1, 0.15) is 41.3 Å². The molecule has 9 heteroatoms. The molecule has 0 amide bonds. The Morgan fingerprint density at radius 1 is 1.30 bits per heavy atom. The highest BCUT2D eigenvalue weighted by molar-refractivity contribution is 7.16. The van der Waals surface area contributed by atoms with E-state index in [1.165, 1.54) is 12.3 Å². The van der Waals surface area contributed by atoms with Crippen LogP contribution < -0.4 is 10.6 Å². The average molecular weight is 434 g/mol. The summed E-state index contributed by atoms with van der Waals surface area (Å²) in [6.07, 6.45) is -0.549. The molecule has 0 aliphatic carbocycles. The zero-order chi connectivity index (χ0) is 21.3. The molecule has 2 aromatic rings. The van der Waals surface area contributed by atoms with E-state index in [4.69, 9.17) is 5.26 Å². The zero-order valence-corrected chi connectivity index (χ0v) is 17.2. The molecule has 1 aromatic carbocycles. The van der Waals surface area contributed by atoms with Gasteiger partial charge in [-0.25, -0.2) is 4.98 Å². The summed E-state index contributed by atoms with van der Waals surface area (Å²) in [7, 11) is 0. The predicted octanol–water partition coefficient (Wildman–Crippen LogP) is 4.91. The van der Waals surface area contributed by atoms with Gasteiger partial charge in [0, 0.05) is 13.0 Å². The van der Waals surface area contributed by atoms with Crippen molar-refractivity contribution in [2.75, 3.05) is 11.9 Å². The van der Waals surface area contributed by atoms with Gasteiger partial charge in [0.2, 0.25) is 0 Å². The maximum Gasteiger partial charge on any atom is 0.395 e. The number of aryl methyl sites for hydroxylation is 1. The number of halogens is 3. The van der Waals surface area contributed by atoms with E-state index in [9.17, 15) is 13.2 Å². The number of benzene rings is 1. The number of nitriles is 1. The molecule has 30 heavy (non-hydrogen) atoms. The predicted molar refractivity (Wildman–Crippen MR) is 109 cm³/mol. The van der Waals surface area contributed by atoms with Crippen LogP contribution in [0.4, 0.5) is 18.3 Å². The Hall–Kier alpha value is -2.73. The van der Waals surface area contributed by atoms with Crippen molar-refractivity contribution in [2.24, 2.45) is 5.92 Å². The first-order valence-corrected chi connectivity index (χ1v) is 10.7. The minimum atomic E-state index is -4.33. The summed E-state index contributed by atoms with van der Waals surface area (Å²) in [5.41, 5.74) is 2.26. The van der Waals surface area contributed by atoms with E-state index >= 15 is 0 Å². The van der Waals surface area contributed by atoms with Crippen LogP contribution in [0, 0.1) is 24.2 Å². The van der Waals surface area contributed by atoms with Gasteiger partial charge in [-0.3, -0.25) is 0 Å². The summed E-state index contributed by atoms with van der Waals surface area (Å²) in [5.74, 6) is -1.05. The lowest BCUT2D eigenvalue weighted by atomic mass is 9.98. The number of nitrogens with zero attached hydrogens (tertiary/aromatic N) is 3. The third-order valence-electron chi connectivity index (χ3n) is 5.53. The molecule has 0 spiro atoms. The molecule has 158 valence electrons. The third kappa shape index (κ3) is 4.38. The van der Waals surface area contributed by atoms with Gasteiger partial charge in [-0.2, -0.15) is 18.4 Å². The summed E-state index contributed by atoms with van der Waals surface area (Å²) in [6, 6.07) is 10.2. The summed E-state index contributed by atoms with van der Waals surface area (Å²) >= 11 is 1.13. The maximum atomic E-state index is 13.7. The van der Waals surface area contributed by atoms with Crippen LogP contribution in [0.3, 0.4) is 0 Å². The highest BCUT2D eigenvalue weighted by Gasteiger charge is 2.43. The number of thiazole rings is 1. The van der Waals surface area contributed by atoms with Gasteiger partial charge in [-0.05, 0) is 31.4 Å². The van der Waals surface area contributed by atoms with Crippen molar-refractivity contribution in [3.8, 4) is 6.07 Å². The number of rotatable bonds is 4. The second-order valence-electron chi connectivity index (χ2n) is 7.68. The van der Waals surface area contributed by atoms with Crippen LogP contribution in [0.2, 0.25) is 0 Å². The standard InChI is InChI=1S/C21H22F3N5S/c1-13-4-6-14(7-5-13)17-3-2-8-29(17)19-10-15(21(22,23)24)9-18(27-19)28-20-26-12-16(11-25)30-20/h4-7,10,12,15,17-18,27H,2-3,8-9H2,1H3,(H,26,28)/t15-,17?,18?/m0/s1. The molecule has 2 unspecified atom stereocenters. The lowest BCUT2D eigenvalue weighted by Gasteiger charge is -2.38. The molecule has 5 nitrogen and oxygen atoms in total. The van der Waals surface area contributed by atoms with Gasteiger partial charge in [-0.1, -0.05) is 41.2 Å². The quantitative estimate of drug-likeness (QED) is 0.717. The summed E-state index contributed by atoms with van der Waals surface area (Å²) < 4.78 is 41.0. The van der Waals surface area contributed by atoms with Crippen molar-refractivity contribution in [3.63, 3.8) is 0 Å². The monoisotopic (exact) mass is 433 g/mol. The molecule has 1 fully saturated rings. The Balaban J connectivity index is 1.58. The van der Waals surface area contributed by atoms with Crippen molar-refractivity contribution in [3.05, 3.63) is 58.4 Å². The van der Waals surface area contributed by atoms with Crippen LogP contribution in [-0.2, 0) is 0 Å². The zero-order valence-electron chi connectivity index (χ0n) is 16.4. The van der Waals surface area contributed by atoms with Gasteiger partial charge in [0.1, 0.15) is 17.1 Å². The molecule has 3 atom stereocenters. The molecule has 2 N–H and O–H groups in total. The van der Waals surface area contributed by atoms with E-state index in [1.807, 2.05) is 30.0 Å². The van der Waals surface area contributed by atoms with Gasteiger partial charge in [0.05, 0.1) is 24.0 Å². The molecular weight excluding hydrogens is 411 g/mol. The highest BCUT2D eigenvalue weighted by Crippen LogP contribution is 2.39. The van der Waals surface area contributed by atoms with Crippen LogP contribution in [0.25, 0.3) is 0 Å². The first kappa shape index (κ1) is 20.5. The maximum absolute atomic E-state index is 13.7. The third-order valence-corrected chi connectivity index (χ3v) is 6.36. The highest BCUT2D eigenvalue weighted by atomic mass is 32.1. The fourth-order valence-corrected chi connectivity index (χ4v) is 4.70. The van der Waals surface area contributed by atoms with Gasteiger partial charge < -0.3 is 15.5 Å². The second kappa shape index (κ2) is 8.19. The molecule has 1 aromatic heterocycles. The number of hydrogen-bond acceptors (Lipinski definition) is 6. The minimum Gasteiger partial charge on any atom is -0.352 e. The van der Waals surface area contributed by atoms with Crippen molar-refractivity contribution in [1.29, 1.82) is 5.26 Å². The molecular formula is C21H22F3N5S. The topological polar surface area (TPSA) is 64.0 Å². The van der Waals surface area contributed by atoms with Crippen molar-refractivity contribution >= 4 is 16.5 Å². The number of anilines is 1. The number of hydrogen-bond donors (Lipinski definition) is 2. The summed E-state index contributed by atoms with van der Waals surface area (Å²) in [5, 5.41) is 15.7. The Kier molecular flexibility index (Phi) is 5.60. The van der Waals surface area contributed by atoms with Crippen molar-refractivity contribution in [2.45, 2.75) is 44.6 Å². The molecule has 3 heterocycles. The number of allylic oxidation sites excluding steroid dienone is 1. The summed E-state index contributed by atoms with van der Waals surface area (Å²) in [4.78, 5) is 6.55. The first-order valence-electron chi connectivity index (χ1n) is 9.84. The molecule has 0 radical (unpaired) electrons. The number of likely N-dealkylation sites (tertiary alicyclic amines) is 1. The number of aromatic nitrogens is 1. The Morgan fingerprint density at radius 3 is 2.73 bits per heavy atom. The summed E-state index contributed by atoms with van der Waals surface area (Å²) in [6.45, 7) is 2.71. The Bertz CT molecular complexity index is 960. The Morgan fingerprint density at radius 2 is 2.07 bits per heavy atom. The van der Waals surface area contributed by atoms with Crippen LogP contribution in [0.5, 0.6) is 0 Å². The van der Waals surface area contributed by atoms with Crippen molar-refractivity contribution in [1.82, 2.24) is 15.2 Å². The van der Waals surface area contributed by atoms with Gasteiger partial charge in [0.15, 0.2) is 5.13 Å². The Labute approximate surface area is 177 Å². The van der Waals surface area contributed by atoms with Crippen molar-refractivity contribution < 1.29 is 13.2 Å². The van der Waals surface area contributed by atoms with E-state index in [-0.39, 0.29) is 12.5 Å². The van der Waals surface area contributed by atoms with Gasteiger partial charge >= 0.3 is 6.18 Å². The fraction of sp³-hybridized carbons (Fsp3) is 0.429.